The molecule has 1 aliphatic carbocycles. The fourth-order valence-corrected chi connectivity index (χ4v) is 9.27. The molecule has 5 heterocycles. The fourth-order valence-electron chi connectivity index (χ4n) is 9.06. The van der Waals surface area contributed by atoms with E-state index < -0.39 is 29.7 Å². The van der Waals surface area contributed by atoms with Gasteiger partial charge in [0.25, 0.3) is 23.6 Å². The minimum Gasteiger partial charge on any atom is -0.490 e. The van der Waals surface area contributed by atoms with E-state index in [0.29, 0.717) is 53.5 Å². The molecular formula is C42H45ClN8O6. The third-order valence-corrected chi connectivity index (χ3v) is 12.6. The number of benzene rings is 2. The van der Waals surface area contributed by atoms with Crippen molar-refractivity contribution in [3.63, 3.8) is 0 Å². The van der Waals surface area contributed by atoms with Gasteiger partial charge in [0.2, 0.25) is 5.91 Å². The van der Waals surface area contributed by atoms with Crippen LogP contribution in [0, 0.1) is 17.2 Å². The lowest BCUT2D eigenvalue weighted by atomic mass is 9.89. The number of rotatable bonds is 9. The number of halogens is 1. The Morgan fingerprint density at radius 3 is 2.18 bits per heavy atom. The summed E-state index contributed by atoms with van der Waals surface area (Å²) in [4.78, 5) is 79.8. The number of fused-ring (bicyclic) bond motifs is 1. The maximum atomic E-state index is 14.0. The summed E-state index contributed by atoms with van der Waals surface area (Å²) in [5, 5.41) is 9.46. The van der Waals surface area contributed by atoms with Gasteiger partial charge in [0.15, 0.2) is 0 Å². The quantitative estimate of drug-likeness (QED) is 0.307. The number of hydrogen-bond acceptors (Lipinski definition) is 11. The van der Waals surface area contributed by atoms with E-state index in [2.05, 4.69) is 19.7 Å². The number of pyridine rings is 1. The Balaban J connectivity index is 0.837. The number of aromatic nitrogens is 1. The number of carbonyl (C=O) groups excluding carboxylic acids is 5. The monoisotopic (exact) mass is 792 g/mol. The standard InChI is InChI=1S/C42H45ClN8O6/c43-35-22-32(6-1-27(35)23-44)57-31-7-2-28(3-8-31)50-38(52)12-11-37(42(50)56)51-40(54)33-9-4-29(21-34(33)41(51)55)49-19-17-47(18-20-49)25-26-13-15-48(16-14-26)30-5-10-36(39(45)53)46-24-30/h1,4-6,9-10,21-22,24,26,28,31,37H,2-3,7-8,11-20,25H2,(H2,45,53). The summed E-state index contributed by atoms with van der Waals surface area (Å²) in [6.45, 7) is 6.21. The number of nitrogens with two attached hydrogens (primary N) is 1. The van der Waals surface area contributed by atoms with Crippen molar-refractivity contribution in [2.75, 3.05) is 55.6 Å². The first-order chi connectivity index (χ1) is 27.6. The van der Waals surface area contributed by atoms with Gasteiger partial charge in [-0.25, -0.2) is 4.98 Å². The van der Waals surface area contributed by atoms with E-state index in [1.54, 1.807) is 42.6 Å². The lowest BCUT2D eigenvalue weighted by molar-refractivity contribution is -0.155. The SMILES string of the molecule is N#Cc1ccc(OC2CCC(N3C(=O)CCC(N4C(=O)c5ccc(N6CCN(CC7CCN(c8ccc(C(N)=O)nc8)CC7)CC6)cc5C4=O)C3=O)CC2)cc1Cl. The van der Waals surface area contributed by atoms with Crippen molar-refractivity contribution in [2.45, 2.75) is 69.6 Å². The molecule has 4 aliphatic heterocycles. The van der Waals surface area contributed by atoms with Crippen LogP contribution < -0.4 is 20.3 Å². The predicted octanol–water partition coefficient (Wildman–Crippen LogP) is 4.25. The maximum absolute atomic E-state index is 14.0. The summed E-state index contributed by atoms with van der Waals surface area (Å²) in [6.07, 6.45) is 6.15. The van der Waals surface area contributed by atoms with Crippen LogP contribution in [0.15, 0.2) is 54.7 Å². The van der Waals surface area contributed by atoms with Gasteiger partial charge in [-0.2, -0.15) is 5.26 Å². The van der Waals surface area contributed by atoms with Gasteiger partial charge in [0, 0.05) is 70.0 Å². The van der Waals surface area contributed by atoms with Gasteiger partial charge >= 0.3 is 0 Å². The molecule has 2 N–H and O–H groups in total. The van der Waals surface area contributed by atoms with E-state index in [9.17, 15) is 24.0 Å². The third-order valence-electron chi connectivity index (χ3n) is 12.2. The Labute approximate surface area is 336 Å². The highest BCUT2D eigenvalue weighted by Gasteiger charge is 2.49. The molecule has 3 aromatic rings. The molecule has 1 unspecified atom stereocenters. The van der Waals surface area contributed by atoms with E-state index >= 15 is 0 Å². The van der Waals surface area contributed by atoms with Crippen LogP contribution in [0.3, 0.4) is 0 Å². The van der Waals surface area contributed by atoms with Crippen molar-refractivity contribution in [2.24, 2.45) is 11.7 Å². The van der Waals surface area contributed by atoms with Crippen molar-refractivity contribution in [3.8, 4) is 11.8 Å². The van der Waals surface area contributed by atoms with E-state index in [-0.39, 0.29) is 42.2 Å². The topological polar surface area (TPSA) is 173 Å². The number of hydrogen-bond donors (Lipinski definition) is 1. The smallest absolute Gasteiger partial charge is 0.267 e. The molecule has 3 saturated heterocycles. The molecule has 0 bridgehead atoms. The molecule has 15 heteroatoms. The van der Waals surface area contributed by atoms with Crippen molar-refractivity contribution in [1.29, 1.82) is 5.26 Å². The zero-order valence-corrected chi connectivity index (χ0v) is 32.4. The highest BCUT2D eigenvalue weighted by Crippen LogP contribution is 2.35. The number of carbonyl (C=O) groups is 5. The second-order valence-electron chi connectivity index (χ2n) is 15.7. The highest BCUT2D eigenvalue weighted by molar-refractivity contribution is 6.31. The largest absolute Gasteiger partial charge is 0.490 e. The van der Waals surface area contributed by atoms with Gasteiger partial charge < -0.3 is 20.3 Å². The Morgan fingerprint density at radius 2 is 1.51 bits per heavy atom. The number of likely N-dealkylation sites (tertiary alicyclic amines) is 1. The Hall–Kier alpha value is -5.52. The highest BCUT2D eigenvalue weighted by atomic mass is 35.5. The molecule has 1 aromatic heterocycles. The average molecular weight is 793 g/mol. The molecule has 57 heavy (non-hydrogen) atoms. The number of piperazine rings is 1. The second-order valence-corrected chi connectivity index (χ2v) is 16.1. The van der Waals surface area contributed by atoms with Crippen LogP contribution in [0.1, 0.15) is 88.1 Å². The molecule has 8 rings (SSSR count). The minimum absolute atomic E-state index is 0.0717. The summed E-state index contributed by atoms with van der Waals surface area (Å²) in [6, 6.07) is 14.5. The number of amides is 5. The molecular weight excluding hydrogens is 748 g/mol. The zero-order chi connectivity index (χ0) is 39.8. The van der Waals surface area contributed by atoms with Crippen molar-refractivity contribution < 1.29 is 28.7 Å². The predicted molar refractivity (Wildman–Crippen MR) is 211 cm³/mol. The van der Waals surface area contributed by atoms with E-state index in [0.717, 1.165) is 74.9 Å². The summed E-state index contributed by atoms with van der Waals surface area (Å²) in [5.41, 5.74) is 8.41. The summed E-state index contributed by atoms with van der Waals surface area (Å²) < 4.78 is 6.11. The van der Waals surface area contributed by atoms with Gasteiger partial charge in [-0.05, 0) is 93.3 Å². The summed E-state index contributed by atoms with van der Waals surface area (Å²) in [5.74, 6) is -1.17. The van der Waals surface area contributed by atoms with Crippen molar-refractivity contribution >= 4 is 52.5 Å². The van der Waals surface area contributed by atoms with E-state index in [1.165, 1.54) is 4.90 Å². The van der Waals surface area contributed by atoms with Gasteiger partial charge in [-0.3, -0.25) is 38.7 Å². The Bertz CT molecular complexity index is 2120. The maximum Gasteiger partial charge on any atom is 0.267 e. The van der Waals surface area contributed by atoms with Crippen LogP contribution in [0.5, 0.6) is 5.75 Å². The van der Waals surface area contributed by atoms with E-state index in [4.69, 9.17) is 27.3 Å². The number of imide groups is 2. The summed E-state index contributed by atoms with van der Waals surface area (Å²) >= 11 is 6.17. The average Bonchev–Trinajstić information content (AvgIpc) is 3.47. The first-order valence-electron chi connectivity index (χ1n) is 19.8. The van der Waals surface area contributed by atoms with Gasteiger partial charge in [-0.15, -0.1) is 0 Å². The van der Waals surface area contributed by atoms with Crippen LogP contribution in [0.25, 0.3) is 0 Å². The summed E-state index contributed by atoms with van der Waals surface area (Å²) in [7, 11) is 0. The normalized spacial score (nSPS) is 23.5. The molecule has 14 nitrogen and oxygen atoms in total. The van der Waals surface area contributed by atoms with Crippen LogP contribution in [-0.2, 0) is 9.59 Å². The molecule has 1 saturated carbocycles. The Morgan fingerprint density at radius 1 is 0.807 bits per heavy atom. The van der Waals surface area contributed by atoms with Crippen LogP contribution in [0.4, 0.5) is 11.4 Å². The molecule has 4 fully saturated rings. The second kappa shape index (κ2) is 16.1. The van der Waals surface area contributed by atoms with Gasteiger partial charge in [-0.1, -0.05) is 11.6 Å². The number of nitriles is 1. The number of nitrogens with zero attached hydrogens (tertiary/aromatic N) is 7. The molecule has 1 atom stereocenters. The lowest BCUT2D eigenvalue weighted by Gasteiger charge is -2.41. The zero-order valence-electron chi connectivity index (χ0n) is 31.6. The number of primary amides is 1. The van der Waals surface area contributed by atoms with Gasteiger partial charge in [0.05, 0.1) is 39.7 Å². The fraction of sp³-hybridized carbons (Fsp3) is 0.452. The third kappa shape index (κ3) is 7.78. The van der Waals surface area contributed by atoms with Gasteiger partial charge in [0.1, 0.15) is 23.6 Å². The molecule has 296 valence electrons. The Kier molecular flexibility index (Phi) is 10.9. The lowest BCUT2D eigenvalue weighted by Crippen LogP contribution is -2.59. The van der Waals surface area contributed by atoms with Crippen LogP contribution in [-0.4, -0.2) is 113 Å². The number of piperidine rings is 2. The molecule has 0 spiro atoms. The minimum atomic E-state index is -1.04. The van der Waals surface area contributed by atoms with Crippen LogP contribution >= 0.6 is 11.6 Å². The first kappa shape index (κ1) is 38.4. The molecule has 0 radical (unpaired) electrons. The number of ether oxygens (including phenoxy) is 1. The van der Waals surface area contributed by atoms with Crippen molar-refractivity contribution in [1.82, 2.24) is 19.7 Å². The number of anilines is 2. The molecule has 5 aliphatic rings. The van der Waals surface area contributed by atoms with E-state index in [1.807, 2.05) is 18.2 Å². The van der Waals surface area contributed by atoms with Crippen LogP contribution in [0.2, 0.25) is 5.02 Å². The first-order valence-corrected chi connectivity index (χ1v) is 20.2. The van der Waals surface area contributed by atoms with Crippen molar-refractivity contribution in [3.05, 3.63) is 82.1 Å². The molecule has 5 amide bonds. The molecule has 2 aromatic carbocycles.